The number of H-pyrrole nitrogens is 1. The van der Waals surface area contributed by atoms with Gasteiger partial charge in [-0.05, 0) is 18.1 Å². The summed E-state index contributed by atoms with van der Waals surface area (Å²) in [4.78, 5) is 15.2. The van der Waals surface area contributed by atoms with Crippen LogP contribution in [-0.2, 0) is 0 Å². The van der Waals surface area contributed by atoms with E-state index in [-0.39, 0.29) is 10.6 Å². The summed E-state index contributed by atoms with van der Waals surface area (Å²) in [7, 11) is 0. The number of thiazole rings is 1. The van der Waals surface area contributed by atoms with Crippen molar-refractivity contribution in [1.82, 2.24) is 4.98 Å². The molecular formula is C12H13NO2S. The number of aromatic amines is 1. The van der Waals surface area contributed by atoms with Gasteiger partial charge in [-0.2, -0.15) is 0 Å². The van der Waals surface area contributed by atoms with Crippen LogP contribution in [-0.4, -0.2) is 10.1 Å². The Hall–Kier alpha value is -1.55. The second kappa shape index (κ2) is 4.14. The van der Waals surface area contributed by atoms with Crippen molar-refractivity contribution in [3.8, 4) is 17.0 Å². The van der Waals surface area contributed by atoms with E-state index in [9.17, 15) is 9.90 Å². The van der Waals surface area contributed by atoms with Crippen LogP contribution in [0.3, 0.4) is 0 Å². The summed E-state index contributed by atoms with van der Waals surface area (Å²) in [6, 6.07) is 6.92. The Morgan fingerprint density at radius 2 is 2.12 bits per heavy atom. The van der Waals surface area contributed by atoms with E-state index in [1.165, 1.54) is 11.3 Å². The molecular weight excluding hydrogens is 222 g/mol. The van der Waals surface area contributed by atoms with Crippen LogP contribution in [0.4, 0.5) is 0 Å². The van der Waals surface area contributed by atoms with Crippen LogP contribution in [0, 0.1) is 0 Å². The Kier molecular flexibility index (Phi) is 2.83. The van der Waals surface area contributed by atoms with Gasteiger partial charge >= 0.3 is 4.87 Å². The lowest BCUT2D eigenvalue weighted by atomic mass is 10.1. The van der Waals surface area contributed by atoms with Crippen molar-refractivity contribution in [3.63, 3.8) is 0 Å². The maximum absolute atomic E-state index is 11.4. The molecule has 84 valence electrons. The van der Waals surface area contributed by atoms with Crippen LogP contribution in [0.25, 0.3) is 11.3 Å². The minimum absolute atomic E-state index is 0.0537. The molecule has 0 bridgehead atoms. The molecule has 0 radical (unpaired) electrons. The van der Waals surface area contributed by atoms with Crippen molar-refractivity contribution >= 4 is 11.3 Å². The zero-order chi connectivity index (χ0) is 11.7. The molecule has 1 aromatic carbocycles. The molecule has 0 saturated heterocycles. The Morgan fingerprint density at radius 3 is 2.75 bits per heavy atom. The first-order chi connectivity index (χ1) is 7.58. The fourth-order valence-electron chi connectivity index (χ4n) is 1.62. The van der Waals surface area contributed by atoms with Crippen molar-refractivity contribution in [2.24, 2.45) is 0 Å². The molecule has 0 aliphatic rings. The summed E-state index contributed by atoms with van der Waals surface area (Å²) in [6.07, 6.45) is 0. The van der Waals surface area contributed by atoms with Gasteiger partial charge in [0.1, 0.15) is 5.75 Å². The van der Waals surface area contributed by atoms with Gasteiger partial charge in [0.15, 0.2) is 0 Å². The van der Waals surface area contributed by atoms with Gasteiger partial charge in [-0.25, -0.2) is 0 Å². The molecule has 2 N–H and O–H groups in total. The smallest absolute Gasteiger partial charge is 0.305 e. The molecule has 0 aliphatic heterocycles. The van der Waals surface area contributed by atoms with E-state index in [4.69, 9.17) is 0 Å². The van der Waals surface area contributed by atoms with E-state index >= 15 is 0 Å². The number of aromatic nitrogens is 1. The van der Waals surface area contributed by atoms with Gasteiger partial charge in [-0.15, -0.1) is 0 Å². The average Bonchev–Trinajstić information content (AvgIpc) is 2.60. The molecule has 3 nitrogen and oxygen atoms in total. The standard InChI is InChI=1S/C12H13NO2S/c1-7(2)11-10(13-12(15)16-11)8-4-3-5-9(14)6-8/h3-7,14H,1-2H3,(H,13,15). The Bertz CT molecular complexity index is 554. The highest BCUT2D eigenvalue weighted by atomic mass is 32.1. The summed E-state index contributed by atoms with van der Waals surface area (Å²) < 4.78 is 0. The molecule has 2 aromatic rings. The van der Waals surface area contributed by atoms with Gasteiger partial charge in [-0.3, -0.25) is 4.79 Å². The quantitative estimate of drug-likeness (QED) is 0.840. The van der Waals surface area contributed by atoms with Crippen LogP contribution in [0.5, 0.6) is 5.75 Å². The lowest BCUT2D eigenvalue weighted by Crippen LogP contribution is -1.92. The third-order valence-electron chi connectivity index (χ3n) is 2.34. The first kappa shape index (κ1) is 11.0. The lowest BCUT2D eigenvalue weighted by Gasteiger charge is -2.06. The molecule has 0 aliphatic carbocycles. The number of rotatable bonds is 2. The van der Waals surface area contributed by atoms with Crippen molar-refractivity contribution < 1.29 is 5.11 Å². The molecule has 16 heavy (non-hydrogen) atoms. The molecule has 0 atom stereocenters. The lowest BCUT2D eigenvalue weighted by molar-refractivity contribution is 0.475. The summed E-state index contributed by atoms with van der Waals surface area (Å²) in [5.74, 6) is 0.501. The zero-order valence-corrected chi connectivity index (χ0v) is 9.97. The molecule has 1 heterocycles. The zero-order valence-electron chi connectivity index (χ0n) is 9.15. The largest absolute Gasteiger partial charge is 0.508 e. The fraction of sp³-hybridized carbons (Fsp3) is 0.250. The Balaban J connectivity index is 2.59. The van der Waals surface area contributed by atoms with Gasteiger partial charge in [0.05, 0.1) is 5.69 Å². The molecule has 2 rings (SSSR count). The van der Waals surface area contributed by atoms with Crippen LogP contribution >= 0.6 is 11.3 Å². The van der Waals surface area contributed by atoms with E-state index in [0.29, 0.717) is 5.92 Å². The molecule has 0 unspecified atom stereocenters. The van der Waals surface area contributed by atoms with E-state index in [0.717, 1.165) is 16.1 Å². The first-order valence-electron chi connectivity index (χ1n) is 5.10. The molecule has 4 heteroatoms. The van der Waals surface area contributed by atoms with Gasteiger partial charge in [0.2, 0.25) is 0 Å². The number of phenols is 1. The highest BCUT2D eigenvalue weighted by Gasteiger charge is 2.13. The van der Waals surface area contributed by atoms with E-state index < -0.39 is 0 Å². The number of phenolic OH excluding ortho intramolecular Hbond substituents is 1. The van der Waals surface area contributed by atoms with Gasteiger partial charge in [-0.1, -0.05) is 37.3 Å². The molecule has 0 fully saturated rings. The number of hydrogen-bond acceptors (Lipinski definition) is 3. The topological polar surface area (TPSA) is 53.1 Å². The van der Waals surface area contributed by atoms with Crippen LogP contribution < -0.4 is 4.87 Å². The molecule has 0 amide bonds. The predicted octanol–water partition coefficient (Wildman–Crippen LogP) is 2.93. The fourth-order valence-corrected chi connectivity index (χ4v) is 2.48. The first-order valence-corrected chi connectivity index (χ1v) is 5.92. The van der Waals surface area contributed by atoms with Crippen LogP contribution in [0.1, 0.15) is 24.6 Å². The maximum atomic E-state index is 11.4. The summed E-state index contributed by atoms with van der Waals surface area (Å²) in [6.45, 7) is 4.09. The average molecular weight is 235 g/mol. The Morgan fingerprint density at radius 1 is 1.38 bits per heavy atom. The minimum Gasteiger partial charge on any atom is -0.508 e. The highest BCUT2D eigenvalue weighted by Crippen LogP contribution is 2.30. The molecule has 0 spiro atoms. The number of benzene rings is 1. The van der Waals surface area contributed by atoms with E-state index in [2.05, 4.69) is 4.98 Å². The summed E-state index contributed by atoms with van der Waals surface area (Å²) in [5.41, 5.74) is 1.67. The third kappa shape index (κ3) is 2.02. The van der Waals surface area contributed by atoms with Crippen molar-refractivity contribution in [2.75, 3.05) is 0 Å². The SMILES string of the molecule is CC(C)c1sc(=O)[nH]c1-c1cccc(O)c1. The summed E-state index contributed by atoms with van der Waals surface area (Å²) >= 11 is 1.23. The van der Waals surface area contributed by atoms with Crippen molar-refractivity contribution in [1.29, 1.82) is 0 Å². The summed E-state index contributed by atoms with van der Waals surface area (Å²) in [5, 5.41) is 9.42. The van der Waals surface area contributed by atoms with Crippen molar-refractivity contribution in [3.05, 3.63) is 38.8 Å². The monoisotopic (exact) mass is 235 g/mol. The molecule has 0 saturated carbocycles. The van der Waals surface area contributed by atoms with E-state index in [1.54, 1.807) is 18.2 Å². The predicted molar refractivity (Wildman–Crippen MR) is 66.1 cm³/mol. The van der Waals surface area contributed by atoms with Crippen molar-refractivity contribution in [2.45, 2.75) is 19.8 Å². The number of nitrogens with one attached hydrogen (secondary N) is 1. The van der Waals surface area contributed by atoms with Gasteiger partial charge in [0.25, 0.3) is 0 Å². The Labute approximate surface area is 97.4 Å². The number of aromatic hydroxyl groups is 1. The van der Waals surface area contributed by atoms with Crippen LogP contribution in [0.15, 0.2) is 29.1 Å². The normalized spacial score (nSPS) is 10.9. The maximum Gasteiger partial charge on any atom is 0.305 e. The van der Waals surface area contributed by atoms with Gasteiger partial charge < -0.3 is 10.1 Å². The van der Waals surface area contributed by atoms with Crippen LogP contribution in [0.2, 0.25) is 0 Å². The molecule has 1 aromatic heterocycles. The second-order valence-corrected chi connectivity index (χ2v) is 4.97. The van der Waals surface area contributed by atoms with Gasteiger partial charge in [0, 0.05) is 10.4 Å². The number of hydrogen-bond donors (Lipinski definition) is 2. The third-order valence-corrected chi connectivity index (χ3v) is 3.52. The minimum atomic E-state index is -0.0537. The van der Waals surface area contributed by atoms with E-state index in [1.807, 2.05) is 19.9 Å². The second-order valence-electron chi connectivity index (χ2n) is 3.96. The highest BCUT2D eigenvalue weighted by molar-refractivity contribution is 7.09.